The number of nitrogens with two attached hydrogens (primary N) is 1. The Labute approximate surface area is 132 Å². The van der Waals surface area contributed by atoms with E-state index in [1.165, 1.54) is 0 Å². The van der Waals surface area contributed by atoms with Crippen LogP contribution in [0.1, 0.15) is 17.2 Å². The first-order valence-electron chi connectivity index (χ1n) is 5.39. The minimum absolute atomic E-state index is 0.343. The average Bonchev–Trinajstić information content (AvgIpc) is 2.39. The molecule has 0 heterocycles. The second-order valence-corrected chi connectivity index (χ2v) is 6.03. The standard InChI is InChI=1S/C13H10Br2ClFN2/c14-9-5-4-7(6-11(9)16)13(19-18)8-2-1-3-10(15)12(8)17/h1-6,13,19H,18H2. The molecule has 0 radical (unpaired) electrons. The summed E-state index contributed by atoms with van der Waals surface area (Å²) in [6, 6.07) is 9.99. The SMILES string of the molecule is NNC(c1ccc(Br)c(Cl)c1)c1cccc(Br)c1F. The first-order chi connectivity index (χ1) is 9.04. The highest BCUT2D eigenvalue weighted by Gasteiger charge is 2.18. The molecule has 0 fully saturated rings. The van der Waals surface area contributed by atoms with Gasteiger partial charge in [-0.2, -0.15) is 0 Å². The minimum atomic E-state index is -0.469. The Bertz CT molecular complexity index is 607. The fraction of sp³-hybridized carbons (Fsp3) is 0.0769. The largest absolute Gasteiger partial charge is 0.271 e. The summed E-state index contributed by atoms with van der Waals surface area (Å²) >= 11 is 12.5. The van der Waals surface area contributed by atoms with Gasteiger partial charge in [0, 0.05) is 10.0 Å². The Morgan fingerprint density at radius 1 is 1.16 bits per heavy atom. The van der Waals surface area contributed by atoms with Gasteiger partial charge in [-0.1, -0.05) is 29.8 Å². The molecule has 0 aliphatic carbocycles. The Kier molecular flexibility index (Phi) is 4.97. The van der Waals surface area contributed by atoms with Gasteiger partial charge in [-0.05, 0) is 55.6 Å². The molecule has 0 aliphatic heterocycles. The van der Waals surface area contributed by atoms with Crippen LogP contribution in [-0.4, -0.2) is 0 Å². The van der Waals surface area contributed by atoms with Crippen LogP contribution in [0.5, 0.6) is 0 Å². The number of halogens is 4. The lowest BCUT2D eigenvalue weighted by Crippen LogP contribution is -2.29. The predicted molar refractivity (Wildman–Crippen MR) is 82.4 cm³/mol. The summed E-state index contributed by atoms with van der Waals surface area (Å²) in [4.78, 5) is 0. The topological polar surface area (TPSA) is 38.0 Å². The molecule has 2 aromatic carbocycles. The van der Waals surface area contributed by atoms with Crippen molar-refractivity contribution in [3.8, 4) is 0 Å². The van der Waals surface area contributed by atoms with Crippen molar-refractivity contribution in [2.24, 2.45) is 5.84 Å². The lowest BCUT2D eigenvalue weighted by Gasteiger charge is -2.18. The van der Waals surface area contributed by atoms with E-state index in [0.29, 0.717) is 15.1 Å². The van der Waals surface area contributed by atoms with E-state index in [1.807, 2.05) is 6.07 Å². The molecule has 2 rings (SSSR count). The van der Waals surface area contributed by atoms with Crippen LogP contribution in [0.25, 0.3) is 0 Å². The van der Waals surface area contributed by atoms with Crippen LogP contribution in [0.3, 0.4) is 0 Å². The highest BCUT2D eigenvalue weighted by molar-refractivity contribution is 9.10. The molecule has 19 heavy (non-hydrogen) atoms. The molecular weight excluding hydrogens is 398 g/mol. The van der Waals surface area contributed by atoms with Crippen molar-refractivity contribution in [2.45, 2.75) is 6.04 Å². The molecule has 0 aromatic heterocycles. The number of benzene rings is 2. The summed E-state index contributed by atoms with van der Waals surface area (Å²) < 4.78 is 15.3. The van der Waals surface area contributed by atoms with Crippen LogP contribution in [0.2, 0.25) is 5.02 Å². The molecule has 6 heteroatoms. The van der Waals surface area contributed by atoms with Crippen LogP contribution in [0.4, 0.5) is 4.39 Å². The quantitative estimate of drug-likeness (QED) is 0.577. The molecular formula is C13H10Br2ClFN2. The van der Waals surface area contributed by atoms with Crippen molar-refractivity contribution in [3.05, 3.63) is 67.3 Å². The van der Waals surface area contributed by atoms with Gasteiger partial charge in [-0.3, -0.25) is 5.84 Å². The van der Waals surface area contributed by atoms with Crippen molar-refractivity contribution in [1.82, 2.24) is 5.43 Å². The maximum Gasteiger partial charge on any atom is 0.142 e. The molecule has 100 valence electrons. The van der Waals surface area contributed by atoms with Crippen LogP contribution in [-0.2, 0) is 0 Å². The molecule has 2 nitrogen and oxygen atoms in total. The summed E-state index contributed by atoms with van der Waals surface area (Å²) in [5.41, 5.74) is 3.85. The second kappa shape index (κ2) is 6.33. The highest BCUT2D eigenvalue weighted by Crippen LogP contribution is 2.31. The zero-order valence-corrected chi connectivity index (χ0v) is 13.6. The normalized spacial score (nSPS) is 12.5. The average molecular weight is 408 g/mol. The molecule has 3 N–H and O–H groups in total. The molecule has 0 amide bonds. The third-order valence-electron chi connectivity index (χ3n) is 2.74. The Hall–Kier alpha value is -0.460. The predicted octanol–water partition coefficient (Wildman–Crippen LogP) is 4.56. The van der Waals surface area contributed by atoms with Crippen LogP contribution >= 0.6 is 43.5 Å². The first kappa shape index (κ1) is 14.9. The second-order valence-electron chi connectivity index (χ2n) is 3.92. The minimum Gasteiger partial charge on any atom is -0.271 e. The van der Waals surface area contributed by atoms with Crippen LogP contribution in [0.15, 0.2) is 45.3 Å². The number of nitrogens with one attached hydrogen (secondary N) is 1. The molecule has 0 spiro atoms. The third-order valence-corrected chi connectivity index (χ3v) is 4.58. The summed E-state index contributed by atoms with van der Waals surface area (Å²) in [7, 11) is 0. The van der Waals surface area contributed by atoms with Gasteiger partial charge in [-0.25, -0.2) is 9.82 Å². The zero-order chi connectivity index (χ0) is 14.0. The lowest BCUT2D eigenvalue weighted by atomic mass is 9.99. The van der Waals surface area contributed by atoms with Crippen LogP contribution in [0, 0.1) is 5.82 Å². The summed E-state index contributed by atoms with van der Waals surface area (Å²) in [6.07, 6.45) is 0. The molecule has 0 saturated carbocycles. The Morgan fingerprint density at radius 3 is 2.53 bits per heavy atom. The molecule has 1 atom stereocenters. The van der Waals surface area contributed by atoms with Crippen molar-refractivity contribution in [2.75, 3.05) is 0 Å². The number of hydrogen-bond donors (Lipinski definition) is 2. The van der Waals surface area contributed by atoms with E-state index in [9.17, 15) is 4.39 Å². The van der Waals surface area contributed by atoms with E-state index >= 15 is 0 Å². The number of hydrogen-bond acceptors (Lipinski definition) is 2. The van der Waals surface area contributed by atoms with Gasteiger partial charge in [0.25, 0.3) is 0 Å². The lowest BCUT2D eigenvalue weighted by molar-refractivity contribution is 0.556. The van der Waals surface area contributed by atoms with Gasteiger partial charge in [-0.15, -0.1) is 0 Å². The van der Waals surface area contributed by atoms with Gasteiger partial charge in [0.2, 0.25) is 0 Å². The molecule has 1 unspecified atom stereocenters. The van der Waals surface area contributed by atoms with Gasteiger partial charge >= 0.3 is 0 Å². The van der Waals surface area contributed by atoms with E-state index in [1.54, 1.807) is 30.3 Å². The van der Waals surface area contributed by atoms with E-state index in [4.69, 9.17) is 17.4 Å². The zero-order valence-electron chi connectivity index (χ0n) is 9.63. The summed E-state index contributed by atoms with van der Waals surface area (Å²) in [5, 5.41) is 0.549. The van der Waals surface area contributed by atoms with E-state index in [2.05, 4.69) is 37.3 Å². The fourth-order valence-corrected chi connectivity index (χ4v) is 2.62. The smallest absolute Gasteiger partial charge is 0.142 e. The van der Waals surface area contributed by atoms with E-state index in [-0.39, 0.29) is 5.82 Å². The fourth-order valence-electron chi connectivity index (χ4n) is 1.80. The summed E-state index contributed by atoms with van der Waals surface area (Å²) in [5.74, 6) is 5.21. The summed E-state index contributed by atoms with van der Waals surface area (Å²) in [6.45, 7) is 0. The number of rotatable bonds is 3. The van der Waals surface area contributed by atoms with Crippen LogP contribution < -0.4 is 11.3 Å². The van der Waals surface area contributed by atoms with Gasteiger partial charge < -0.3 is 0 Å². The third kappa shape index (κ3) is 3.17. The van der Waals surface area contributed by atoms with Crippen molar-refractivity contribution in [1.29, 1.82) is 0 Å². The van der Waals surface area contributed by atoms with Gasteiger partial charge in [0.05, 0.1) is 15.5 Å². The molecule has 0 bridgehead atoms. The maximum atomic E-state index is 14.1. The Balaban J connectivity index is 2.50. The van der Waals surface area contributed by atoms with E-state index in [0.717, 1.165) is 10.0 Å². The van der Waals surface area contributed by atoms with E-state index < -0.39 is 6.04 Å². The van der Waals surface area contributed by atoms with Crippen molar-refractivity contribution in [3.63, 3.8) is 0 Å². The molecule has 0 saturated heterocycles. The Morgan fingerprint density at radius 2 is 1.89 bits per heavy atom. The number of hydrazine groups is 1. The molecule has 0 aliphatic rings. The first-order valence-corrected chi connectivity index (χ1v) is 7.36. The van der Waals surface area contributed by atoms with Gasteiger partial charge in [0.1, 0.15) is 5.82 Å². The highest BCUT2D eigenvalue weighted by atomic mass is 79.9. The van der Waals surface area contributed by atoms with Gasteiger partial charge in [0.15, 0.2) is 0 Å². The van der Waals surface area contributed by atoms with Crippen molar-refractivity contribution < 1.29 is 4.39 Å². The molecule has 2 aromatic rings. The maximum absolute atomic E-state index is 14.1. The van der Waals surface area contributed by atoms with Crippen molar-refractivity contribution >= 4 is 43.5 Å². The monoisotopic (exact) mass is 406 g/mol.